The fourth-order valence-corrected chi connectivity index (χ4v) is 3.50. The molecule has 9 nitrogen and oxygen atoms in total. The van der Waals surface area contributed by atoms with Crippen LogP contribution in [0.5, 0.6) is 0 Å². The van der Waals surface area contributed by atoms with Gasteiger partial charge >= 0.3 is 5.69 Å². The van der Waals surface area contributed by atoms with Gasteiger partial charge in [-0.15, -0.1) is 0 Å². The van der Waals surface area contributed by atoms with E-state index in [9.17, 15) is 18.8 Å². The maximum absolute atomic E-state index is 13.0. The highest BCUT2D eigenvalue weighted by Crippen LogP contribution is 2.17. The molecule has 2 aromatic carbocycles. The van der Waals surface area contributed by atoms with Gasteiger partial charge in [0.05, 0.1) is 19.7 Å². The topological polar surface area (TPSA) is 122 Å². The van der Waals surface area contributed by atoms with Crippen molar-refractivity contribution in [3.8, 4) is 0 Å². The fourth-order valence-electron chi connectivity index (χ4n) is 3.50. The van der Waals surface area contributed by atoms with E-state index in [4.69, 9.17) is 10.5 Å². The van der Waals surface area contributed by atoms with Gasteiger partial charge < -0.3 is 20.7 Å². The molecule has 3 rings (SSSR count). The number of hydrogen-bond acceptors (Lipinski definition) is 6. The summed E-state index contributed by atoms with van der Waals surface area (Å²) < 4.78 is 19.4. The summed E-state index contributed by atoms with van der Waals surface area (Å²) in [5.41, 5.74) is 6.70. The molecule has 0 atom stereocenters. The summed E-state index contributed by atoms with van der Waals surface area (Å²) in [6.07, 6.45) is 0.523. The molecule has 180 valence electrons. The molecule has 0 radical (unpaired) electrons. The molecule has 0 aliphatic rings. The number of hydrogen-bond donors (Lipinski definition) is 3. The summed E-state index contributed by atoms with van der Waals surface area (Å²) in [6, 6.07) is 15.3. The van der Waals surface area contributed by atoms with Crippen LogP contribution in [0.4, 0.5) is 15.9 Å². The average Bonchev–Trinajstić information content (AvgIpc) is 2.82. The number of nitrogens with two attached hydrogens (primary N) is 1. The quantitative estimate of drug-likeness (QED) is 0.387. The highest BCUT2D eigenvalue weighted by Gasteiger charge is 2.21. The Labute approximate surface area is 196 Å². The second-order valence-corrected chi connectivity index (χ2v) is 7.71. The Morgan fingerprint density at radius 2 is 1.82 bits per heavy atom. The van der Waals surface area contributed by atoms with Crippen LogP contribution in [-0.2, 0) is 22.5 Å². The molecule has 0 aliphatic carbocycles. The van der Waals surface area contributed by atoms with Crippen molar-refractivity contribution >= 4 is 17.4 Å². The third-order valence-corrected chi connectivity index (χ3v) is 5.26. The molecule has 1 aromatic heterocycles. The number of nitrogens with one attached hydrogen (secondary N) is 2. The maximum Gasteiger partial charge on any atom is 0.330 e. The zero-order valence-electron chi connectivity index (χ0n) is 18.9. The van der Waals surface area contributed by atoms with Crippen LogP contribution in [0.1, 0.15) is 11.1 Å². The lowest BCUT2D eigenvalue weighted by atomic mass is 10.1. The molecular formula is C24H28FN5O4. The van der Waals surface area contributed by atoms with Crippen LogP contribution in [0, 0.1) is 5.82 Å². The van der Waals surface area contributed by atoms with Gasteiger partial charge in [0.1, 0.15) is 17.3 Å². The lowest BCUT2D eigenvalue weighted by Gasteiger charge is -2.25. The highest BCUT2D eigenvalue weighted by molar-refractivity contribution is 5.82. The van der Waals surface area contributed by atoms with Crippen molar-refractivity contribution in [1.29, 1.82) is 0 Å². The minimum absolute atomic E-state index is 0.0289. The minimum Gasteiger partial charge on any atom is -0.383 e. The lowest BCUT2D eigenvalue weighted by molar-refractivity contribution is -0.119. The number of aromatic amines is 1. The lowest BCUT2D eigenvalue weighted by Crippen LogP contribution is -2.44. The summed E-state index contributed by atoms with van der Waals surface area (Å²) in [4.78, 5) is 41.6. The number of aromatic nitrogens is 2. The molecule has 1 amide bonds. The molecule has 0 unspecified atom stereocenters. The molecule has 34 heavy (non-hydrogen) atoms. The van der Waals surface area contributed by atoms with Crippen molar-refractivity contribution in [3.63, 3.8) is 0 Å². The number of nitrogen functional groups attached to an aromatic ring is 1. The number of nitrogens with zero attached hydrogens (tertiary/aromatic N) is 2. The van der Waals surface area contributed by atoms with E-state index >= 15 is 0 Å². The van der Waals surface area contributed by atoms with Crippen LogP contribution in [0.25, 0.3) is 0 Å². The van der Waals surface area contributed by atoms with E-state index in [2.05, 4.69) is 10.3 Å². The molecule has 0 saturated carbocycles. The molecular weight excluding hydrogens is 441 g/mol. The van der Waals surface area contributed by atoms with Gasteiger partial charge in [-0.05, 0) is 29.7 Å². The van der Waals surface area contributed by atoms with Gasteiger partial charge in [0.25, 0.3) is 5.56 Å². The van der Waals surface area contributed by atoms with Gasteiger partial charge in [0.2, 0.25) is 5.91 Å². The summed E-state index contributed by atoms with van der Waals surface area (Å²) >= 11 is 0. The van der Waals surface area contributed by atoms with Crippen LogP contribution in [0.15, 0.2) is 64.2 Å². The van der Waals surface area contributed by atoms with E-state index in [1.165, 1.54) is 28.7 Å². The molecule has 4 N–H and O–H groups in total. The molecule has 1 heterocycles. The Balaban J connectivity index is 1.77. The molecule has 0 bridgehead atoms. The first-order valence-corrected chi connectivity index (χ1v) is 10.8. The van der Waals surface area contributed by atoms with Crippen LogP contribution >= 0.6 is 0 Å². The van der Waals surface area contributed by atoms with E-state index in [1.807, 2.05) is 30.3 Å². The number of halogens is 1. The minimum atomic E-state index is -0.679. The van der Waals surface area contributed by atoms with E-state index < -0.39 is 11.2 Å². The number of anilines is 2. The first-order chi connectivity index (χ1) is 16.4. The second-order valence-electron chi connectivity index (χ2n) is 7.71. The Bertz CT molecular complexity index is 1210. The molecule has 0 fully saturated rings. The van der Waals surface area contributed by atoms with Crippen molar-refractivity contribution < 1.29 is 13.9 Å². The van der Waals surface area contributed by atoms with Crippen LogP contribution in [-0.4, -0.2) is 48.8 Å². The molecule has 0 saturated heterocycles. The first kappa shape index (κ1) is 24.7. The molecule has 3 aromatic rings. The van der Waals surface area contributed by atoms with Gasteiger partial charge in [0.15, 0.2) is 0 Å². The first-order valence-electron chi connectivity index (χ1n) is 10.8. The van der Waals surface area contributed by atoms with Gasteiger partial charge in [-0.3, -0.25) is 19.1 Å². The highest BCUT2D eigenvalue weighted by atomic mass is 19.1. The maximum atomic E-state index is 13.0. The predicted octanol–water partition coefficient (Wildman–Crippen LogP) is 1.12. The summed E-state index contributed by atoms with van der Waals surface area (Å²) in [5.74, 6) is -0.691. The number of rotatable bonds is 11. The number of H-pyrrole nitrogens is 1. The van der Waals surface area contributed by atoms with Gasteiger partial charge in [0, 0.05) is 20.2 Å². The zero-order valence-corrected chi connectivity index (χ0v) is 18.9. The SMILES string of the molecule is COCCN(CC(=O)NCCc1ccc(F)cc1)c1c(N)n(Cc2ccccc2)c(=O)[nH]c1=O. The third kappa shape index (κ3) is 6.55. The monoisotopic (exact) mass is 469 g/mol. The normalized spacial score (nSPS) is 10.8. The van der Waals surface area contributed by atoms with Crippen molar-refractivity contribution in [1.82, 2.24) is 14.9 Å². The number of carbonyl (C=O) groups is 1. The smallest absolute Gasteiger partial charge is 0.330 e. The van der Waals surface area contributed by atoms with Gasteiger partial charge in [-0.25, -0.2) is 9.18 Å². The number of benzene rings is 2. The van der Waals surface area contributed by atoms with E-state index in [0.717, 1.165) is 11.1 Å². The molecule has 10 heteroatoms. The summed E-state index contributed by atoms with van der Waals surface area (Å²) in [5, 5.41) is 2.79. The number of ether oxygens (including phenoxy) is 1. The number of methoxy groups -OCH3 is 1. The molecule has 0 spiro atoms. The number of amides is 1. The van der Waals surface area contributed by atoms with Crippen molar-refractivity contribution in [2.45, 2.75) is 13.0 Å². The average molecular weight is 470 g/mol. The summed E-state index contributed by atoms with van der Waals surface area (Å²) in [7, 11) is 1.50. The second kappa shape index (κ2) is 11.8. The predicted molar refractivity (Wildman–Crippen MR) is 128 cm³/mol. The Morgan fingerprint density at radius 3 is 2.50 bits per heavy atom. The largest absolute Gasteiger partial charge is 0.383 e. The zero-order chi connectivity index (χ0) is 24.5. The standard InChI is InChI=1S/C24H28FN5O4/c1-34-14-13-29(16-20(31)27-12-11-17-7-9-19(25)10-8-17)21-22(26)30(24(33)28-23(21)32)15-18-5-3-2-4-6-18/h2-10H,11-16,26H2,1H3,(H,27,31)(H,28,32,33). The van der Waals surface area contributed by atoms with E-state index in [-0.39, 0.29) is 49.5 Å². The van der Waals surface area contributed by atoms with Gasteiger partial charge in [-0.1, -0.05) is 42.5 Å². The Kier molecular flexibility index (Phi) is 8.58. The summed E-state index contributed by atoms with van der Waals surface area (Å²) in [6.45, 7) is 0.779. The van der Waals surface area contributed by atoms with E-state index in [0.29, 0.717) is 13.0 Å². The van der Waals surface area contributed by atoms with Gasteiger partial charge in [-0.2, -0.15) is 0 Å². The molecule has 0 aliphatic heterocycles. The number of carbonyl (C=O) groups excluding carboxylic acids is 1. The fraction of sp³-hybridized carbons (Fsp3) is 0.292. The van der Waals surface area contributed by atoms with Crippen molar-refractivity contribution in [2.24, 2.45) is 0 Å². The third-order valence-electron chi connectivity index (χ3n) is 5.26. The van der Waals surface area contributed by atoms with Crippen LogP contribution in [0.3, 0.4) is 0 Å². The Hall–Kier alpha value is -3.92. The van der Waals surface area contributed by atoms with Crippen LogP contribution < -0.4 is 27.2 Å². The van der Waals surface area contributed by atoms with Crippen molar-refractivity contribution in [3.05, 3.63) is 92.4 Å². The van der Waals surface area contributed by atoms with Crippen LogP contribution in [0.2, 0.25) is 0 Å². The van der Waals surface area contributed by atoms with E-state index in [1.54, 1.807) is 12.1 Å². The Morgan fingerprint density at radius 1 is 1.12 bits per heavy atom. The van der Waals surface area contributed by atoms with Crippen molar-refractivity contribution in [2.75, 3.05) is 44.0 Å².